The van der Waals surface area contributed by atoms with Gasteiger partial charge in [0.25, 0.3) is 11.1 Å². The van der Waals surface area contributed by atoms with E-state index in [0.717, 1.165) is 4.68 Å². The second-order valence-electron chi connectivity index (χ2n) is 6.75. The van der Waals surface area contributed by atoms with Crippen molar-refractivity contribution in [3.05, 3.63) is 38.9 Å². The van der Waals surface area contributed by atoms with Crippen molar-refractivity contribution in [3.63, 3.8) is 0 Å². The number of aromatic hydroxyl groups is 1. The number of carboxylic acids is 1. The third kappa shape index (κ3) is 3.62. The minimum atomic E-state index is -1.18. The van der Waals surface area contributed by atoms with Crippen LogP contribution in [-0.2, 0) is 16.1 Å². The fourth-order valence-electron chi connectivity index (χ4n) is 3.55. The first-order chi connectivity index (χ1) is 13.3. The highest BCUT2D eigenvalue weighted by atomic mass is 19.1. The molecule has 1 aromatic carbocycles. The van der Waals surface area contributed by atoms with Gasteiger partial charge in [-0.25, -0.2) is 9.36 Å². The van der Waals surface area contributed by atoms with Gasteiger partial charge in [-0.1, -0.05) is 0 Å². The Morgan fingerprint density at radius 2 is 2.00 bits per heavy atom. The quantitative estimate of drug-likeness (QED) is 0.656. The number of halogens is 1. The van der Waals surface area contributed by atoms with Gasteiger partial charge in [0.2, 0.25) is 5.91 Å². The predicted octanol–water partition coefficient (Wildman–Crippen LogP) is 0.523. The highest BCUT2D eigenvalue weighted by Gasteiger charge is 2.31. The largest absolute Gasteiger partial charge is 0.508 e. The van der Waals surface area contributed by atoms with E-state index in [2.05, 4.69) is 5.32 Å². The maximum atomic E-state index is 12.9. The summed E-state index contributed by atoms with van der Waals surface area (Å²) in [6, 6.07) is 1.89. The molecule has 0 aliphatic carbocycles. The van der Waals surface area contributed by atoms with Crippen LogP contribution in [0.25, 0.3) is 10.8 Å². The molecule has 0 bridgehead atoms. The number of fused-ring (bicyclic) bond motifs is 2. The lowest BCUT2D eigenvalue weighted by Gasteiger charge is -2.29. The van der Waals surface area contributed by atoms with E-state index in [0.29, 0.717) is 6.42 Å². The summed E-state index contributed by atoms with van der Waals surface area (Å²) in [6.45, 7) is -0.555. The summed E-state index contributed by atoms with van der Waals surface area (Å²) in [7, 11) is 0. The Morgan fingerprint density at radius 3 is 2.68 bits per heavy atom. The molecule has 9 nitrogen and oxygen atoms in total. The van der Waals surface area contributed by atoms with E-state index < -0.39 is 48.2 Å². The molecule has 150 valence electrons. The predicted molar refractivity (Wildman–Crippen MR) is 97.2 cm³/mol. The number of nitrogens with one attached hydrogen (secondary N) is 1. The van der Waals surface area contributed by atoms with Gasteiger partial charge in [0.1, 0.15) is 11.8 Å². The number of carbonyl (C=O) groups is 2. The summed E-state index contributed by atoms with van der Waals surface area (Å²) in [4.78, 5) is 49.3. The summed E-state index contributed by atoms with van der Waals surface area (Å²) in [5.41, 5.74) is -1.07. The van der Waals surface area contributed by atoms with Crippen molar-refractivity contribution in [3.8, 4) is 5.75 Å². The molecule has 28 heavy (non-hydrogen) atoms. The minimum Gasteiger partial charge on any atom is -0.508 e. The maximum Gasteiger partial charge on any atom is 0.305 e. The van der Waals surface area contributed by atoms with E-state index in [1.54, 1.807) is 0 Å². The van der Waals surface area contributed by atoms with Crippen LogP contribution in [0.2, 0.25) is 0 Å². The summed E-state index contributed by atoms with van der Waals surface area (Å²) in [5.74, 6) is -2.01. The number of carbonyl (C=O) groups excluding carboxylic acids is 1. The first kappa shape index (κ1) is 19.6. The molecule has 0 saturated heterocycles. The van der Waals surface area contributed by atoms with E-state index in [4.69, 9.17) is 5.11 Å². The van der Waals surface area contributed by atoms with Crippen LogP contribution in [0.4, 0.5) is 4.39 Å². The fraction of sp³-hybridized carbons (Fsp3) is 0.444. The minimum absolute atomic E-state index is 0.00760. The van der Waals surface area contributed by atoms with Gasteiger partial charge < -0.3 is 15.5 Å². The van der Waals surface area contributed by atoms with Crippen LogP contribution in [0.5, 0.6) is 5.75 Å². The first-order valence-corrected chi connectivity index (χ1v) is 8.90. The lowest BCUT2D eigenvalue weighted by molar-refractivity contribution is -0.138. The van der Waals surface area contributed by atoms with E-state index in [1.165, 1.54) is 22.9 Å². The highest BCUT2D eigenvalue weighted by Crippen LogP contribution is 2.21. The van der Waals surface area contributed by atoms with Gasteiger partial charge in [0.05, 0.1) is 23.9 Å². The summed E-state index contributed by atoms with van der Waals surface area (Å²) < 4.78 is 14.9. The van der Waals surface area contributed by atoms with Gasteiger partial charge >= 0.3 is 5.97 Å². The molecular weight excluding hydrogens is 373 g/mol. The third-order valence-electron chi connectivity index (χ3n) is 4.84. The number of aliphatic carboxylic acids is 1. The normalized spacial score (nSPS) is 17.1. The standard InChI is InChI=1S/C18H20FN3O6/c19-6-5-10(8-15(24)25)20-16(26)14-2-1-7-21-17(27)12-4-3-11(23)9-13(12)18(28)22(14)21/h3-4,9-10,14,23H,1-2,5-8H2,(H,20,26)(H,24,25)/t10-,14+/m1/s1. The lowest BCUT2D eigenvalue weighted by atomic mass is 10.1. The van der Waals surface area contributed by atoms with Crippen molar-refractivity contribution in [2.45, 2.75) is 44.3 Å². The van der Waals surface area contributed by atoms with Gasteiger partial charge in [-0.3, -0.25) is 23.6 Å². The number of phenolic OH excluding ortho intramolecular Hbond substituents is 1. The summed E-state index contributed by atoms with van der Waals surface area (Å²) in [6.07, 6.45) is 0.117. The highest BCUT2D eigenvalue weighted by molar-refractivity contribution is 5.84. The van der Waals surface area contributed by atoms with Crippen LogP contribution in [0.1, 0.15) is 31.7 Å². The number of rotatable bonds is 6. The number of benzene rings is 1. The lowest BCUT2D eigenvalue weighted by Crippen LogP contribution is -2.50. The van der Waals surface area contributed by atoms with Crippen LogP contribution in [0.15, 0.2) is 27.8 Å². The zero-order valence-corrected chi connectivity index (χ0v) is 14.9. The zero-order valence-electron chi connectivity index (χ0n) is 14.9. The Hall–Kier alpha value is -3.17. The SMILES string of the molecule is O=C(O)C[C@@H](CCF)NC(=O)[C@@H]1CCCn2c(=O)c3ccc(O)cc3c(=O)n21. The van der Waals surface area contributed by atoms with E-state index >= 15 is 0 Å². The molecule has 0 fully saturated rings. The molecule has 2 aromatic rings. The molecule has 1 aliphatic rings. The third-order valence-corrected chi connectivity index (χ3v) is 4.84. The molecule has 0 unspecified atom stereocenters. The molecule has 0 saturated carbocycles. The van der Waals surface area contributed by atoms with Gasteiger partial charge in [-0.2, -0.15) is 0 Å². The van der Waals surface area contributed by atoms with Crippen LogP contribution < -0.4 is 16.4 Å². The van der Waals surface area contributed by atoms with Crippen LogP contribution in [0, 0.1) is 0 Å². The van der Waals surface area contributed by atoms with E-state index in [9.17, 15) is 28.7 Å². The Morgan fingerprint density at radius 1 is 1.25 bits per heavy atom. The average molecular weight is 393 g/mol. The summed E-state index contributed by atoms with van der Waals surface area (Å²) >= 11 is 0. The average Bonchev–Trinajstić information content (AvgIpc) is 2.65. The topological polar surface area (TPSA) is 131 Å². The molecule has 1 aliphatic heterocycles. The second-order valence-corrected chi connectivity index (χ2v) is 6.75. The zero-order chi connectivity index (χ0) is 20.4. The Kier molecular flexibility index (Phi) is 5.48. The first-order valence-electron chi connectivity index (χ1n) is 8.90. The number of alkyl halides is 1. The van der Waals surface area contributed by atoms with Gasteiger partial charge in [0, 0.05) is 12.6 Å². The van der Waals surface area contributed by atoms with E-state index in [1.807, 2.05) is 0 Å². The monoisotopic (exact) mass is 393 g/mol. The Labute approximate surface area is 158 Å². The Balaban J connectivity index is 2.04. The molecule has 10 heteroatoms. The molecular formula is C18H20FN3O6. The number of aromatic nitrogens is 2. The number of phenols is 1. The number of carboxylic acid groups (broad SMARTS) is 1. The number of hydrogen-bond donors (Lipinski definition) is 3. The number of amides is 1. The van der Waals surface area contributed by atoms with Gasteiger partial charge in [0.15, 0.2) is 0 Å². The molecule has 2 atom stereocenters. The number of nitrogens with zero attached hydrogens (tertiary/aromatic N) is 2. The second kappa shape index (κ2) is 7.83. The number of hydrogen-bond acceptors (Lipinski definition) is 5. The van der Waals surface area contributed by atoms with Crippen molar-refractivity contribution < 1.29 is 24.2 Å². The Bertz CT molecular complexity index is 1040. The van der Waals surface area contributed by atoms with E-state index in [-0.39, 0.29) is 35.9 Å². The molecule has 3 rings (SSSR count). The van der Waals surface area contributed by atoms with Crippen molar-refractivity contribution in [1.29, 1.82) is 0 Å². The van der Waals surface area contributed by atoms with Crippen molar-refractivity contribution in [2.75, 3.05) is 6.67 Å². The van der Waals surface area contributed by atoms with Gasteiger partial charge in [-0.15, -0.1) is 0 Å². The molecule has 1 amide bonds. The van der Waals surface area contributed by atoms with Crippen molar-refractivity contribution in [1.82, 2.24) is 14.7 Å². The van der Waals surface area contributed by atoms with Crippen molar-refractivity contribution >= 4 is 22.6 Å². The molecule has 1 aromatic heterocycles. The molecule has 2 heterocycles. The maximum absolute atomic E-state index is 12.9. The van der Waals surface area contributed by atoms with Crippen LogP contribution >= 0.6 is 0 Å². The molecule has 3 N–H and O–H groups in total. The van der Waals surface area contributed by atoms with Crippen LogP contribution in [-0.4, -0.2) is 44.2 Å². The van der Waals surface area contributed by atoms with Crippen molar-refractivity contribution in [2.24, 2.45) is 0 Å². The summed E-state index contributed by atoms with van der Waals surface area (Å²) in [5, 5.41) is 21.2. The van der Waals surface area contributed by atoms with Gasteiger partial charge in [-0.05, 0) is 37.5 Å². The molecule has 0 spiro atoms. The molecule has 0 radical (unpaired) electrons. The smallest absolute Gasteiger partial charge is 0.305 e. The fourth-order valence-corrected chi connectivity index (χ4v) is 3.55. The van der Waals surface area contributed by atoms with Crippen LogP contribution in [0.3, 0.4) is 0 Å².